The van der Waals surface area contributed by atoms with E-state index in [1.165, 1.54) is 17.0 Å². The van der Waals surface area contributed by atoms with E-state index in [1.54, 1.807) is 11.3 Å². The molecule has 1 atom stereocenters. The average Bonchev–Trinajstić information content (AvgIpc) is 2.52. The van der Waals surface area contributed by atoms with Crippen LogP contribution >= 0.6 is 11.3 Å². The van der Waals surface area contributed by atoms with Gasteiger partial charge in [-0.05, 0) is 19.9 Å². The summed E-state index contributed by atoms with van der Waals surface area (Å²) in [6, 6.07) is 0. The van der Waals surface area contributed by atoms with Gasteiger partial charge in [0.05, 0.1) is 5.69 Å². The maximum absolute atomic E-state index is 5.63. The second-order valence-corrected chi connectivity index (χ2v) is 4.22. The van der Waals surface area contributed by atoms with Crippen LogP contribution in [0.4, 0.5) is 5.13 Å². The van der Waals surface area contributed by atoms with Crippen LogP contribution < -0.4 is 11.1 Å². The number of hydrogen-bond acceptors (Lipinski definition) is 4. The molecule has 3 N–H and O–H groups in total. The van der Waals surface area contributed by atoms with Crippen LogP contribution in [0.3, 0.4) is 0 Å². The fourth-order valence-electron chi connectivity index (χ4n) is 1.76. The van der Waals surface area contributed by atoms with Crippen LogP contribution in [0.2, 0.25) is 0 Å². The van der Waals surface area contributed by atoms with Crippen molar-refractivity contribution in [1.29, 1.82) is 0 Å². The molecular formula is C8H13N3S. The molecule has 0 aliphatic heterocycles. The number of hydrogen-bond donors (Lipinski definition) is 2. The summed E-state index contributed by atoms with van der Waals surface area (Å²) in [5.74, 6) is 0.653. The SMILES string of the molecule is CNCC1CCc2nc(N)sc21. The normalized spacial score (nSPS) is 21.2. The van der Waals surface area contributed by atoms with E-state index in [0.717, 1.165) is 18.1 Å². The van der Waals surface area contributed by atoms with Crippen LogP contribution in [-0.4, -0.2) is 18.6 Å². The molecule has 1 aliphatic carbocycles. The van der Waals surface area contributed by atoms with Crippen LogP contribution in [0.5, 0.6) is 0 Å². The van der Waals surface area contributed by atoms with E-state index in [-0.39, 0.29) is 0 Å². The maximum atomic E-state index is 5.63. The molecule has 0 spiro atoms. The van der Waals surface area contributed by atoms with Gasteiger partial charge in [-0.25, -0.2) is 4.98 Å². The first kappa shape index (κ1) is 8.01. The zero-order valence-electron chi connectivity index (χ0n) is 7.13. The molecule has 1 aliphatic rings. The summed E-state index contributed by atoms with van der Waals surface area (Å²) < 4.78 is 0. The Balaban J connectivity index is 2.22. The largest absolute Gasteiger partial charge is 0.375 e. The highest BCUT2D eigenvalue weighted by Crippen LogP contribution is 2.37. The molecule has 2 rings (SSSR count). The molecule has 0 saturated heterocycles. The Hall–Kier alpha value is -0.610. The first-order chi connectivity index (χ1) is 5.81. The Morgan fingerprint density at radius 1 is 1.75 bits per heavy atom. The lowest BCUT2D eigenvalue weighted by atomic mass is 10.1. The van der Waals surface area contributed by atoms with E-state index in [0.29, 0.717) is 5.92 Å². The van der Waals surface area contributed by atoms with Crippen LogP contribution in [-0.2, 0) is 6.42 Å². The fraction of sp³-hybridized carbons (Fsp3) is 0.625. The Bertz CT molecular complexity index is 282. The zero-order chi connectivity index (χ0) is 8.55. The number of nitrogens with one attached hydrogen (secondary N) is 1. The average molecular weight is 183 g/mol. The summed E-state index contributed by atoms with van der Waals surface area (Å²) in [5, 5.41) is 3.92. The van der Waals surface area contributed by atoms with Crippen molar-refractivity contribution in [2.45, 2.75) is 18.8 Å². The monoisotopic (exact) mass is 183 g/mol. The van der Waals surface area contributed by atoms with Crippen molar-refractivity contribution in [3.8, 4) is 0 Å². The van der Waals surface area contributed by atoms with E-state index >= 15 is 0 Å². The highest BCUT2D eigenvalue weighted by Gasteiger charge is 2.25. The Kier molecular flexibility index (Phi) is 2.02. The van der Waals surface area contributed by atoms with Crippen molar-refractivity contribution in [2.75, 3.05) is 19.3 Å². The van der Waals surface area contributed by atoms with Crippen molar-refractivity contribution in [1.82, 2.24) is 10.3 Å². The number of likely N-dealkylation sites (N-methyl/N-ethyl adjacent to an activating group) is 1. The van der Waals surface area contributed by atoms with Gasteiger partial charge in [-0.1, -0.05) is 0 Å². The van der Waals surface area contributed by atoms with E-state index in [2.05, 4.69) is 10.3 Å². The van der Waals surface area contributed by atoms with Crippen molar-refractivity contribution in [3.63, 3.8) is 0 Å². The minimum atomic E-state index is 0.653. The smallest absolute Gasteiger partial charge is 0.180 e. The minimum absolute atomic E-state index is 0.653. The Morgan fingerprint density at radius 3 is 3.33 bits per heavy atom. The molecule has 0 radical (unpaired) electrons. The summed E-state index contributed by atoms with van der Waals surface area (Å²) in [7, 11) is 1.99. The first-order valence-corrected chi connectivity index (χ1v) is 5.02. The highest BCUT2D eigenvalue weighted by molar-refractivity contribution is 7.15. The van der Waals surface area contributed by atoms with Gasteiger partial charge < -0.3 is 11.1 Å². The van der Waals surface area contributed by atoms with Gasteiger partial charge in [0.1, 0.15) is 0 Å². The fourth-order valence-corrected chi connectivity index (χ4v) is 2.78. The van der Waals surface area contributed by atoms with Gasteiger partial charge >= 0.3 is 0 Å². The molecule has 12 heavy (non-hydrogen) atoms. The second-order valence-electron chi connectivity index (χ2n) is 3.16. The first-order valence-electron chi connectivity index (χ1n) is 4.21. The lowest BCUT2D eigenvalue weighted by Crippen LogP contribution is -2.14. The van der Waals surface area contributed by atoms with Crippen LogP contribution in [0, 0.1) is 0 Å². The number of aromatic nitrogens is 1. The van der Waals surface area contributed by atoms with Gasteiger partial charge in [0.15, 0.2) is 5.13 Å². The van der Waals surface area contributed by atoms with E-state index in [1.807, 2.05) is 7.05 Å². The van der Waals surface area contributed by atoms with Crippen LogP contribution in [0.1, 0.15) is 22.9 Å². The molecule has 0 aromatic carbocycles. The number of anilines is 1. The van der Waals surface area contributed by atoms with Crippen LogP contribution in [0.15, 0.2) is 0 Å². The molecule has 1 aromatic rings. The van der Waals surface area contributed by atoms with Gasteiger partial charge in [-0.3, -0.25) is 0 Å². The molecule has 4 heteroatoms. The third kappa shape index (κ3) is 1.21. The van der Waals surface area contributed by atoms with Gasteiger partial charge in [0.2, 0.25) is 0 Å². The Labute approximate surface area is 76.0 Å². The molecule has 66 valence electrons. The van der Waals surface area contributed by atoms with E-state index in [9.17, 15) is 0 Å². The van der Waals surface area contributed by atoms with Gasteiger partial charge in [0, 0.05) is 17.3 Å². The summed E-state index contributed by atoms with van der Waals surface area (Å²) in [6.45, 7) is 1.05. The third-order valence-electron chi connectivity index (χ3n) is 2.30. The molecule has 0 amide bonds. The van der Waals surface area contributed by atoms with Gasteiger partial charge in [-0.15, -0.1) is 11.3 Å². The third-order valence-corrected chi connectivity index (χ3v) is 3.38. The van der Waals surface area contributed by atoms with Gasteiger partial charge in [0.25, 0.3) is 0 Å². The summed E-state index contributed by atoms with van der Waals surface area (Å²) in [6.07, 6.45) is 2.34. The zero-order valence-corrected chi connectivity index (χ0v) is 7.95. The molecule has 0 fully saturated rings. The number of nitrogens with zero attached hydrogens (tertiary/aromatic N) is 1. The number of nitrogens with two attached hydrogens (primary N) is 1. The number of thiazole rings is 1. The molecule has 0 saturated carbocycles. The number of nitrogen functional groups attached to an aromatic ring is 1. The predicted molar refractivity (Wildman–Crippen MR) is 51.5 cm³/mol. The molecule has 1 unspecified atom stereocenters. The molecular weight excluding hydrogens is 170 g/mol. The van der Waals surface area contributed by atoms with Crippen molar-refractivity contribution in [2.24, 2.45) is 0 Å². The standard InChI is InChI=1S/C8H13N3S/c1-10-4-5-2-3-6-7(5)12-8(9)11-6/h5,10H,2-4H2,1H3,(H2,9,11). The second kappa shape index (κ2) is 3.03. The highest BCUT2D eigenvalue weighted by atomic mass is 32.1. The topological polar surface area (TPSA) is 50.9 Å². The summed E-state index contributed by atoms with van der Waals surface area (Å²) in [5.41, 5.74) is 6.87. The van der Waals surface area contributed by atoms with Crippen molar-refractivity contribution < 1.29 is 0 Å². The molecule has 1 aromatic heterocycles. The lowest BCUT2D eigenvalue weighted by Gasteiger charge is -2.06. The summed E-state index contributed by atoms with van der Waals surface area (Å²) >= 11 is 1.65. The maximum Gasteiger partial charge on any atom is 0.180 e. The van der Waals surface area contributed by atoms with Gasteiger partial charge in [-0.2, -0.15) is 0 Å². The summed E-state index contributed by atoms with van der Waals surface area (Å²) in [4.78, 5) is 5.70. The van der Waals surface area contributed by atoms with E-state index < -0.39 is 0 Å². The number of aryl methyl sites for hydroxylation is 1. The molecule has 3 nitrogen and oxygen atoms in total. The molecule has 1 heterocycles. The minimum Gasteiger partial charge on any atom is -0.375 e. The number of rotatable bonds is 2. The van der Waals surface area contributed by atoms with Crippen molar-refractivity contribution >= 4 is 16.5 Å². The Morgan fingerprint density at radius 2 is 2.58 bits per heavy atom. The van der Waals surface area contributed by atoms with E-state index in [4.69, 9.17) is 5.73 Å². The number of fused-ring (bicyclic) bond motifs is 1. The van der Waals surface area contributed by atoms with Crippen LogP contribution in [0.25, 0.3) is 0 Å². The quantitative estimate of drug-likeness (QED) is 0.718. The lowest BCUT2D eigenvalue weighted by molar-refractivity contribution is 0.628. The molecule has 0 bridgehead atoms. The van der Waals surface area contributed by atoms with Crippen molar-refractivity contribution in [3.05, 3.63) is 10.6 Å². The predicted octanol–water partition coefficient (Wildman–Crippen LogP) is 0.974.